The summed E-state index contributed by atoms with van der Waals surface area (Å²) in [7, 11) is 0. The number of fused-ring (bicyclic) bond motifs is 2. The SMILES string of the molecule is O=S([O-])OC1C2CCC(C2)C1O. The van der Waals surface area contributed by atoms with Crippen LogP contribution in [0.5, 0.6) is 0 Å². The summed E-state index contributed by atoms with van der Waals surface area (Å²) < 4.78 is 25.1. The van der Waals surface area contributed by atoms with Crippen molar-refractivity contribution in [2.24, 2.45) is 11.8 Å². The summed E-state index contributed by atoms with van der Waals surface area (Å²) in [4.78, 5) is 0. The summed E-state index contributed by atoms with van der Waals surface area (Å²) in [6.07, 6.45) is 1.88. The molecule has 70 valence electrons. The van der Waals surface area contributed by atoms with Gasteiger partial charge in [-0.2, -0.15) is 0 Å². The maximum atomic E-state index is 10.2. The zero-order valence-corrected chi connectivity index (χ0v) is 7.33. The highest BCUT2D eigenvalue weighted by Gasteiger charge is 2.47. The second-order valence-electron chi connectivity index (χ2n) is 3.59. The molecule has 12 heavy (non-hydrogen) atoms. The van der Waals surface area contributed by atoms with Gasteiger partial charge in [-0.3, -0.25) is 4.18 Å². The predicted molar refractivity (Wildman–Crippen MR) is 40.6 cm³/mol. The van der Waals surface area contributed by atoms with Crippen molar-refractivity contribution < 1.29 is 18.1 Å². The highest BCUT2D eigenvalue weighted by atomic mass is 32.2. The molecule has 0 aromatic rings. The normalized spacial score (nSPS) is 48.2. The van der Waals surface area contributed by atoms with Gasteiger partial charge in [-0.1, -0.05) is 0 Å². The standard InChI is InChI=1S/C7H12O4S/c8-6-4-1-2-5(3-4)7(6)11-12(9)10/h4-8H,1-3H2,(H,9,10)/p-1. The summed E-state index contributed by atoms with van der Waals surface area (Å²) in [5.41, 5.74) is 0. The molecule has 0 spiro atoms. The van der Waals surface area contributed by atoms with E-state index in [2.05, 4.69) is 4.18 Å². The van der Waals surface area contributed by atoms with E-state index in [0.717, 1.165) is 19.3 Å². The van der Waals surface area contributed by atoms with E-state index in [4.69, 9.17) is 0 Å². The van der Waals surface area contributed by atoms with Crippen LogP contribution in [-0.4, -0.2) is 26.1 Å². The third-order valence-electron chi connectivity index (χ3n) is 2.99. The first-order chi connectivity index (χ1) is 5.68. The number of hydrogen-bond acceptors (Lipinski definition) is 4. The first kappa shape index (κ1) is 8.62. The average molecular weight is 191 g/mol. The highest BCUT2D eigenvalue weighted by Crippen LogP contribution is 2.46. The first-order valence-corrected chi connectivity index (χ1v) is 5.13. The smallest absolute Gasteiger partial charge is 0.103 e. The summed E-state index contributed by atoms with van der Waals surface area (Å²) in [6.45, 7) is 0. The largest absolute Gasteiger partial charge is 0.750 e. The van der Waals surface area contributed by atoms with Crippen molar-refractivity contribution >= 4 is 11.4 Å². The Kier molecular flexibility index (Phi) is 2.20. The Balaban J connectivity index is 2.02. The van der Waals surface area contributed by atoms with Crippen LogP contribution in [0.2, 0.25) is 0 Å². The number of aliphatic hydroxyl groups excluding tert-OH is 1. The van der Waals surface area contributed by atoms with Crippen molar-refractivity contribution in [2.75, 3.05) is 0 Å². The topological polar surface area (TPSA) is 69.6 Å². The molecule has 0 saturated heterocycles. The molecule has 5 heteroatoms. The molecule has 2 aliphatic rings. The molecule has 0 aromatic carbocycles. The van der Waals surface area contributed by atoms with Crippen LogP contribution in [0.1, 0.15) is 19.3 Å². The lowest BCUT2D eigenvalue weighted by Crippen LogP contribution is -2.35. The Morgan fingerprint density at radius 2 is 2.08 bits per heavy atom. The van der Waals surface area contributed by atoms with Gasteiger partial charge in [-0.25, -0.2) is 4.21 Å². The molecule has 0 radical (unpaired) electrons. The molecule has 0 amide bonds. The van der Waals surface area contributed by atoms with Crippen LogP contribution in [0, 0.1) is 11.8 Å². The van der Waals surface area contributed by atoms with Crippen LogP contribution in [0.3, 0.4) is 0 Å². The van der Waals surface area contributed by atoms with Crippen LogP contribution < -0.4 is 0 Å². The van der Waals surface area contributed by atoms with Crippen LogP contribution in [0.4, 0.5) is 0 Å². The van der Waals surface area contributed by atoms with Crippen LogP contribution in [0.25, 0.3) is 0 Å². The average Bonchev–Trinajstić information content (AvgIpc) is 2.53. The van der Waals surface area contributed by atoms with Gasteiger partial charge in [0.2, 0.25) is 0 Å². The fourth-order valence-corrected chi connectivity index (χ4v) is 2.89. The van der Waals surface area contributed by atoms with E-state index >= 15 is 0 Å². The Morgan fingerprint density at radius 1 is 1.42 bits per heavy atom. The van der Waals surface area contributed by atoms with Gasteiger partial charge in [-0.05, 0) is 31.1 Å². The van der Waals surface area contributed by atoms with Crippen LogP contribution >= 0.6 is 0 Å². The monoisotopic (exact) mass is 191 g/mol. The zero-order chi connectivity index (χ0) is 8.72. The second kappa shape index (κ2) is 3.06. The summed E-state index contributed by atoms with van der Waals surface area (Å²) >= 11 is -2.49. The molecule has 2 fully saturated rings. The van der Waals surface area contributed by atoms with Crippen molar-refractivity contribution in [3.05, 3.63) is 0 Å². The van der Waals surface area contributed by atoms with Gasteiger partial charge in [0.05, 0.1) is 17.5 Å². The highest BCUT2D eigenvalue weighted by molar-refractivity contribution is 7.74. The zero-order valence-electron chi connectivity index (χ0n) is 6.51. The van der Waals surface area contributed by atoms with Gasteiger partial charge < -0.3 is 9.66 Å². The molecule has 0 aliphatic heterocycles. The minimum Gasteiger partial charge on any atom is -0.750 e. The maximum Gasteiger partial charge on any atom is 0.103 e. The molecule has 5 atom stereocenters. The van der Waals surface area contributed by atoms with E-state index in [1.165, 1.54) is 0 Å². The fourth-order valence-electron chi connectivity index (χ4n) is 2.43. The molecule has 2 aliphatic carbocycles. The van der Waals surface area contributed by atoms with Gasteiger partial charge in [0.1, 0.15) is 6.10 Å². The molecule has 5 unspecified atom stereocenters. The summed E-state index contributed by atoms with van der Waals surface area (Å²) in [6, 6.07) is 0. The minimum absolute atomic E-state index is 0.253. The molecule has 2 rings (SSSR count). The number of rotatable bonds is 2. The third kappa shape index (κ3) is 1.31. The van der Waals surface area contributed by atoms with Crippen molar-refractivity contribution in [3.8, 4) is 0 Å². The second-order valence-corrected chi connectivity index (χ2v) is 4.19. The lowest BCUT2D eigenvalue weighted by molar-refractivity contribution is 0.00151. The van der Waals surface area contributed by atoms with Gasteiger partial charge in [0.15, 0.2) is 0 Å². The lowest BCUT2D eigenvalue weighted by atomic mass is 9.95. The molecule has 4 nitrogen and oxygen atoms in total. The fraction of sp³-hybridized carbons (Fsp3) is 1.00. The van der Waals surface area contributed by atoms with E-state index < -0.39 is 23.6 Å². The summed E-state index contributed by atoms with van der Waals surface area (Å²) in [5, 5.41) is 9.53. The van der Waals surface area contributed by atoms with E-state index in [9.17, 15) is 13.9 Å². The van der Waals surface area contributed by atoms with Crippen LogP contribution in [-0.2, 0) is 15.5 Å². The van der Waals surface area contributed by atoms with E-state index in [-0.39, 0.29) is 11.8 Å². The predicted octanol–water partition coefficient (Wildman–Crippen LogP) is -0.0435. The molecular weight excluding hydrogens is 180 g/mol. The van der Waals surface area contributed by atoms with E-state index in [1.807, 2.05) is 0 Å². The Labute approximate surface area is 73.4 Å². The molecule has 2 saturated carbocycles. The van der Waals surface area contributed by atoms with E-state index in [1.54, 1.807) is 0 Å². The molecule has 2 bridgehead atoms. The number of aliphatic hydroxyl groups is 1. The molecular formula is C7H11O4S-. The lowest BCUT2D eigenvalue weighted by Gasteiger charge is -2.27. The quantitative estimate of drug-likeness (QED) is 0.621. The van der Waals surface area contributed by atoms with Gasteiger partial charge in [-0.15, -0.1) is 0 Å². The van der Waals surface area contributed by atoms with Crippen LogP contribution in [0.15, 0.2) is 0 Å². The molecule has 1 N–H and O–H groups in total. The van der Waals surface area contributed by atoms with E-state index in [0.29, 0.717) is 0 Å². The van der Waals surface area contributed by atoms with Crippen molar-refractivity contribution in [3.63, 3.8) is 0 Å². The molecule has 0 aromatic heterocycles. The Bertz CT molecular complexity index is 206. The number of hydrogen-bond donors (Lipinski definition) is 1. The molecule has 0 heterocycles. The van der Waals surface area contributed by atoms with Gasteiger partial charge >= 0.3 is 0 Å². The third-order valence-corrected chi connectivity index (χ3v) is 3.37. The van der Waals surface area contributed by atoms with Crippen molar-refractivity contribution in [2.45, 2.75) is 31.5 Å². The van der Waals surface area contributed by atoms with Gasteiger partial charge in [0, 0.05) is 0 Å². The first-order valence-electron chi connectivity index (χ1n) is 4.13. The van der Waals surface area contributed by atoms with Gasteiger partial charge in [0.25, 0.3) is 0 Å². The summed E-state index contributed by atoms with van der Waals surface area (Å²) in [5.74, 6) is 0.520. The Morgan fingerprint density at radius 3 is 2.58 bits per heavy atom. The minimum atomic E-state index is -2.49. The van der Waals surface area contributed by atoms with Crippen molar-refractivity contribution in [1.82, 2.24) is 0 Å². The van der Waals surface area contributed by atoms with Crippen molar-refractivity contribution in [1.29, 1.82) is 0 Å². The maximum absolute atomic E-state index is 10.2. The Hall–Kier alpha value is 0.0300.